The van der Waals surface area contributed by atoms with Gasteiger partial charge in [-0.1, -0.05) is 97.1 Å². The molecule has 8 aromatic heterocycles. The molecule has 0 saturated carbocycles. The third-order valence-electron chi connectivity index (χ3n) is 16.1. The number of esters is 1. The number of hydroxylamine groups is 1. The molecule has 1 aliphatic heterocycles. The number of aromatic amines is 1. The number of alkyl halides is 1. The number of aromatic nitrogens is 14. The maximum Gasteiger partial charge on any atom is 0.338 e. The lowest BCUT2D eigenvalue weighted by Crippen LogP contribution is -2.28. The number of nitrogens with zero attached hydrogens (tertiary/aromatic N) is 13. The molecule has 1 amide bonds. The van der Waals surface area contributed by atoms with Crippen LogP contribution in [0.1, 0.15) is 104 Å². The van der Waals surface area contributed by atoms with Gasteiger partial charge in [0.25, 0.3) is 17.0 Å². The number of nitrogens with one attached hydrogen (secondary N) is 4. The highest BCUT2D eigenvalue weighted by molar-refractivity contribution is 14.1. The van der Waals surface area contributed by atoms with E-state index in [0.29, 0.717) is 143 Å². The van der Waals surface area contributed by atoms with Gasteiger partial charge in [0.1, 0.15) is 46.1 Å². The molecule has 0 bridgehead atoms. The molecule has 9 heterocycles. The number of ether oxygens (including phenoxy) is 2. The summed E-state index contributed by atoms with van der Waals surface area (Å²) in [5.74, 6) is 1.18. The standard InChI is InChI=1S/C37H34N8O4S.C30H23N9O3S.CH3I/c1-3-25(41-32-31-34(39-20-38-32)44(21-40-31)29-15-8-9-18-49-29)33-42-27-14-10-13-24(30(27)36(46)45(33)23-11-6-5-7-12-23)35-43-26-17-16-22(19-28(26)50-35)37(47)48-4-2;1-2-19(35-26-24-25(32-14-31-24)33-15-34-26)27-36-21-10-6-9-18(23(21)30(41)39(27)17-7-4-3-5-8-17)29-37-20-12-11-16(28(40)38-42)13-22(20)43-29;1-2/h5-7,10-14,16-17,19-21,25,29H,3-4,8-9,15,18H2,1-2H3,(H,38,39,41);3-15,19,42H,2H2,1H3,(H,38,40)(H2,31,32,33,34,35);1H3/t25-,29?;19-;/m00./s1. The largest absolute Gasteiger partial charge is 0.462 e. The Balaban J connectivity index is 0.000000170. The normalized spacial score (nSPS) is 13.7. The van der Waals surface area contributed by atoms with Crippen LogP contribution in [0.3, 0.4) is 0 Å². The van der Waals surface area contributed by atoms with Crippen LogP contribution in [-0.2, 0) is 9.47 Å². The maximum atomic E-state index is 14.8. The number of H-pyrrole nitrogens is 1. The molecule has 1 aliphatic rings. The molecule has 14 aromatic rings. The monoisotopic (exact) mass is 1420 g/mol. The number of hydrogen-bond donors (Lipinski definition) is 5. The predicted octanol–water partition coefficient (Wildman–Crippen LogP) is 13.3. The number of thiazole rings is 2. The van der Waals surface area contributed by atoms with Crippen LogP contribution in [0.4, 0.5) is 11.6 Å². The van der Waals surface area contributed by atoms with Crippen LogP contribution in [0.2, 0.25) is 0 Å². The highest BCUT2D eigenvalue weighted by Crippen LogP contribution is 2.38. The molecule has 27 heteroatoms. The summed E-state index contributed by atoms with van der Waals surface area (Å²) in [7, 11) is 0. The Morgan fingerprint density at radius 1 is 0.653 bits per heavy atom. The van der Waals surface area contributed by atoms with E-state index in [0.717, 1.165) is 34.2 Å². The summed E-state index contributed by atoms with van der Waals surface area (Å²) in [6.45, 7) is 6.83. The van der Waals surface area contributed by atoms with Crippen LogP contribution >= 0.6 is 45.3 Å². The minimum Gasteiger partial charge on any atom is -0.462 e. The summed E-state index contributed by atoms with van der Waals surface area (Å²) in [6, 6.07) is 39.5. The Hall–Kier alpha value is -10.3. The van der Waals surface area contributed by atoms with E-state index in [2.05, 4.69) is 68.1 Å². The first kappa shape index (κ1) is 63.4. The van der Waals surface area contributed by atoms with E-state index >= 15 is 0 Å². The molecule has 1 fully saturated rings. The van der Waals surface area contributed by atoms with Gasteiger partial charge in [-0.25, -0.2) is 60.1 Å². The molecule has 0 aliphatic carbocycles. The number of hydrogen-bond acceptors (Lipinski definition) is 21. The number of halogens is 1. The summed E-state index contributed by atoms with van der Waals surface area (Å²) < 4.78 is 18.0. The molecule has 3 atom stereocenters. The first-order valence-corrected chi connectivity index (χ1v) is 34.4. The van der Waals surface area contributed by atoms with Crippen molar-refractivity contribution in [1.82, 2.24) is 74.0 Å². The van der Waals surface area contributed by atoms with E-state index in [1.165, 1.54) is 35.3 Å². The fourth-order valence-corrected chi connectivity index (χ4v) is 13.7. The molecule has 95 heavy (non-hydrogen) atoms. The van der Waals surface area contributed by atoms with E-state index in [-0.39, 0.29) is 29.4 Å². The summed E-state index contributed by atoms with van der Waals surface area (Å²) >= 11 is 4.92. The molecule has 1 unspecified atom stereocenters. The molecule has 15 rings (SSSR count). The van der Waals surface area contributed by atoms with Gasteiger partial charge in [-0.3, -0.25) is 33.3 Å². The summed E-state index contributed by atoms with van der Waals surface area (Å²) in [5, 5.41) is 18.2. The molecule has 478 valence electrons. The van der Waals surface area contributed by atoms with E-state index in [1.807, 2.05) is 120 Å². The molecule has 0 radical (unpaired) electrons. The third-order valence-corrected chi connectivity index (χ3v) is 18.2. The van der Waals surface area contributed by atoms with Crippen molar-refractivity contribution in [2.45, 2.75) is 71.2 Å². The van der Waals surface area contributed by atoms with Crippen molar-refractivity contribution in [2.24, 2.45) is 0 Å². The number of anilines is 2. The summed E-state index contributed by atoms with van der Waals surface area (Å²) in [6.07, 6.45) is 10.4. The summed E-state index contributed by atoms with van der Waals surface area (Å²) in [4.78, 5) is 105. The van der Waals surface area contributed by atoms with Crippen LogP contribution in [0.25, 0.3) is 97.1 Å². The van der Waals surface area contributed by atoms with Gasteiger partial charge in [0, 0.05) is 23.3 Å². The van der Waals surface area contributed by atoms with Gasteiger partial charge in [0.15, 0.2) is 28.4 Å². The second-order valence-corrected chi connectivity index (χ2v) is 23.8. The lowest BCUT2D eigenvalue weighted by Gasteiger charge is -2.24. The second-order valence-electron chi connectivity index (χ2n) is 21.8. The van der Waals surface area contributed by atoms with Crippen LogP contribution in [0, 0.1) is 0 Å². The zero-order chi connectivity index (χ0) is 65.7. The minimum atomic E-state index is -0.612. The Morgan fingerprint density at radius 3 is 1.79 bits per heavy atom. The summed E-state index contributed by atoms with van der Waals surface area (Å²) in [5.41, 5.74) is 9.60. The number of carbonyl (C=O) groups excluding carboxylic acids is 2. The van der Waals surface area contributed by atoms with Gasteiger partial charge in [-0.2, -0.15) is 0 Å². The van der Waals surface area contributed by atoms with Crippen LogP contribution in [0.15, 0.2) is 168 Å². The van der Waals surface area contributed by atoms with Gasteiger partial charge < -0.3 is 25.1 Å². The lowest BCUT2D eigenvalue weighted by atomic mass is 10.1. The Labute approximate surface area is 562 Å². The molecule has 5 N–H and O–H groups in total. The van der Waals surface area contributed by atoms with Crippen molar-refractivity contribution in [3.63, 3.8) is 0 Å². The van der Waals surface area contributed by atoms with Crippen molar-refractivity contribution in [3.8, 4) is 32.5 Å². The molecule has 1 saturated heterocycles. The predicted molar refractivity (Wildman–Crippen MR) is 376 cm³/mol. The van der Waals surface area contributed by atoms with E-state index in [1.54, 1.807) is 70.6 Å². The number of imidazole rings is 2. The number of para-hydroxylation sites is 2. The van der Waals surface area contributed by atoms with Gasteiger partial charge in [0.05, 0.1) is 90.5 Å². The average molecular weight is 1420 g/mol. The highest BCUT2D eigenvalue weighted by atomic mass is 127. The van der Waals surface area contributed by atoms with Crippen molar-refractivity contribution in [1.29, 1.82) is 0 Å². The van der Waals surface area contributed by atoms with Crippen LogP contribution in [-0.4, -0.2) is 104 Å². The van der Waals surface area contributed by atoms with Gasteiger partial charge in [0.2, 0.25) is 0 Å². The maximum absolute atomic E-state index is 14.8. The van der Waals surface area contributed by atoms with Crippen molar-refractivity contribution in [2.75, 3.05) is 28.8 Å². The second kappa shape index (κ2) is 28.1. The Kier molecular flexibility index (Phi) is 18.8. The zero-order valence-electron chi connectivity index (χ0n) is 51.6. The van der Waals surface area contributed by atoms with Crippen molar-refractivity contribution in [3.05, 3.63) is 202 Å². The number of rotatable bonds is 16. The van der Waals surface area contributed by atoms with Gasteiger partial charge in [-0.15, -0.1) is 22.7 Å². The van der Waals surface area contributed by atoms with E-state index in [4.69, 9.17) is 34.6 Å². The lowest BCUT2D eigenvalue weighted by molar-refractivity contribution is -0.0298. The minimum absolute atomic E-state index is 0.117. The Bertz CT molecular complexity index is 5290. The number of fused-ring (bicyclic) bond motifs is 6. The molecule has 6 aromatic carbocycles. The SMILES string of the molecule is CCOC(=O)c1ccc2nc(-c3cccc4nc([C@H](CC)Nc5ncnc6c5ncn6C5CCCCO5)n(-c5ccccc5)c(=O)c34)sc2c1.CC[C@H](Nc1ncnc2nc[nH]c12)c1nc2cccc(-c3nc4ccc(C(=O)NO)cc4s3)c2c(=O)n1-c1ccccc1.CI. The average Bonchev–Trinajstić information content (AvgIpc) is 1.62. The number of benzene rings is 6. The third kappa shape index (κ3) is 12.5. The van der Waals surface area contributed by atoms with Gasteiger partial charge in [-0.05, 0) is 117 Å². The van der Waals surface area contributed by atoms with E-state index < -0.39 is 11.9 Å². The van der Waals surface area contributed by atoms with Crippen molar-refractivity contribution >= 4 is 133 Å². The highest BCUT2D eigenvalue weighted by Gasteiger charge is 2.28. The Morgan fingerprint density at radius 2 is 1.22 bits per heavy atom. The molecule has 24 nitrogen and oxygen atoms in total. The quantitative estimate of drug-likeness (QED) is 0.0197. The van der Waals surface area contributed by atoms with E-state index in [9.17, 15) is 19.2 Å². The molecule has 0 spiro atoms. The number of amides is 1. The zero-order valence-corrected chi connectivity index (χ0v) is 55.4. The smallest absolute Gasteiger partial charge is 0.338 e. The van der Waals surface area contributed by atoms with Crippen molar-refractivity contribution < 1.29 is 24.3 Å². The van der Waals surface area contributed by atoms with Crippen LogP contribution in [0.5, 0.6) is 0 Å². The van der Waals surface area contributed by atoms with Crippen LogP contribution < -0.4 is 27.2 Å². The molecular weight excluding hydrogens is 1360 g/mol. The fraction of sp³-hybridized carbons (Fsp3) is 0.206. The fourth-order valence-electron chi connectivity index (χ4n) is 11.6. The molecular formula is C68H60IN17O7S2. The van der Waals surface area contributed by atoms with Gasteiger partial charge >= 0.3 is 5.97 Å². The first-order chi connectivity index (χ1) is 46.6. The number of carbonyl (C=O) groups is 2. The first-order valence-electron chi connectivity index (χ1n) is 30.6. The topological polar surface area (TPSA) is 303 Å².